The van der Waals surface area contributed by atoms with Gasteiger partial charge in [-0.05, 0) is 29.8 Å². The van der Waals surface area contributed by atoms with Gasteiger partial charge in [-0.1, -0.05) is 24.3 Å². The van der Waals surface area contributed by atoms with E-state index in [0.29, 0.717) is 11.1 Å². The third-order valence-electron chi connectivity index (χ3n) is 2.95. The number of para-hydroxylation sites is 1. The van der Waals surface area contributed by atoms with Gasteiger partial charge in [0.15, 0.2) is 6.61 Å². The van der Waals surface area contributed by atoms with Crippen LogP contribution in [0.25, 0.3) is 0 Å². The molecule has 0 saturated carbocycles. The fourth-order valence-corrected chi connectivity index (χ4v) is 1.87. The molecule has 0 fully saturated rings. The van der Waals surface area contributed by atoms with Crippen LogP contribution in [0.4, 0.5) is 0 Å². The van der Waals surface area contributed by atoms with E-state index >= 15 is 0 Å². The maximum atomic E-state index is 11.7. The van der Waals surface area contributed by atoms with Gasteiger partial charge in [-0.2, -0.15) is 5.26 Å². The summed E-state index contributed by atoms with van der Waals surface area (Å²) in [5, 5.41) is 8.81. The molecule has 0 saturated heterocycles. The Morgan fingerprint density at radius 2 is 1.91 bits per heavy atom. The second-order valence-corrected chi connectivity index (χ2v) is 4.62. The first-order chi connectivity index (χ1) is 11.1. The van der Waals surface area contributed by atoms with Gasteiger partial charge in [-0.3, -0.25) is 4.79 Å². The molecule has 2 rings (SSSR count). The molecule has 0 unspecified atom stereocenters. The van der Waals surface area contributed by atoms with E-state index in [1.165, 1.54) is 6.07 Å². The lowest BCUT2D eigenvalue weighted by atomic mass is 10.1. The summed E-state index contributed by atoms with van der Waals surface area (Å²) in [4.78, 5) is 22.9. The highest BCUT2D eigenvalue weighted by Gasteiger charge is 2.11. The van der Waals surface area contributed by atoms with Crippen LogP contribution in [-0.2, 0) is 16.1 Å². The molecule has 116 valence electrons. The van der Waals surface area contributed by atoms with E-state index < -0.39 is 11.9 Å². The van der Waals surface area contributed by atoms with Crippen LogP contribution in [0.1, 0.15) is 21.5 Å². The number of benzene rings is 2. The molecule has 2 aromatic carbocycles. The monoisotopic (exact) mass is 310 g/mol. The molecule has 6 nitrogen and oxygen atoms in total. The molecular formula is C17H14N2O4. The number of hydrogen-bond donors (Lipinski definition) is 1. The zero-order valence-electron chi connectivity index (χ0n) is 12.2. The molecule has 0 aliphatic heterocycles. The second kappa shape index (κ2) is 7.61. The topological polar surface area (TPSA) is 102 Å². The first-order valence-electron chi connectivity index (χ1n) is 6.76. The maximum Gasteiger partial charge on any atom is 0.344 e. The average molecular weight is 310 g/mol. The zero-order valence-corrected chi connectivity index (χ0v) is 12.2. The highest BCUT2D eigenvalue weighted by Crippen LogP contribution is 2.17. The van der Waals surface area contributed by atoms with Gasteiger partial charge in [-0.25, -0.2) is 4.79 Å². The van der Waals surface area contributed by atoms with Crippen molar-refractivity contribution >= 4 is 11.9 Å². The molecule has 6 heteroatoms. The van der Waals surface area contributed by atoms with Crippen LogP contribution in [0.2, 0.25) is 0 Å². The SMILES string of the molecule is N#Cc1cccc(COC(=O)COc2ccccc2C(N)=O)c1. The Morgan fingerprint density at radius 1 is 1.13 bits per heavy atom. The third-order valence-corrected chi connectivity index (χ3v) is 2.95. The van der Waals surface area contributed by atoms with Crippen molar-refractivity contribution in [2.75, 3.05) is 6.61 Å². The van der Waals surface area contributed by atoms with E-state index in [9.17, 15) is 9.59 Å². The normalized spacial score (nSPS) is 9.70. The standard InChI is InChI=1S/C17H14N2O4/c18-9-12-4-3-5-13(8-12)10-23-16(20)11-22-15-7-2-1-6-14(15)17(19)21/h1-8H,10-11H2,(H2,19,21). The number of amides is 1. The number of hydrogen-bond acceptors (Lipinski definition) is 5. The molecule has 0 aromatic heterocycles. The lowest BCUT2D eigenvalue weighted by Gasteiger charge is -2.09. The van der Waals surface area contributed by atoms with Crippen LogP contribution in [0, 0.1) is 11.3 Å². The molecule has 0 radical (unpaired) electrons. The fraction of sp³-hybridized carbons (Fsp3) is 0.118. The van der Waals surface area contributed by atoms with E-state index in [4.69, 9.17) is 20.5 Å². The quantitative estimate of drug-likeness (QED) is 0.819. The molecule has 0 aliphatic rings. The average Bonchev–Trinajstić information content (AvgIpc) is 2.58. The lowest BCUT2D eigenvalue weighted by Crippen LogP contribution is -2.18. The van der Waals surface area contributed by atoms with Gasteiger partial charge in [0, 0.05) is 0 Å². The predicted octanol–water partition coefficient (Wildman–Crippen LogP) is 1.78. The summed E-state index contributed by atoms with van der Waals surface area (Å²) in [5.74, 6) is -1.00. The first kappa shape index (κ1) is 16.0. The molecule has 0 spiro atoms. The highest BCUT2D eigenvalue weighted by molar-refractivity contribution is 5.95. The number of carbonyl (C=O) groups is 2. The van der Waals surface area contributed by atoms with Crippen molar-refractivity contribution in [2.24, 2.45) is 5.73 Å². The number of rotatable bonds is 6. The summed E-state index contributed by atoms with van der Waals surface area (Å²) in [6, 6.07) is 15.1. The second-order valence-electron chi connectivity index (χ2n) is 4.62. The van der Waals surface area contributed by atoms with Gasteiger partial charge < -0.3 is 15.2 Å². The van der Waals surface area contributed by atoms with Crippen molar-refractivity contribution < 1.29 is 19.1 Å². The van der Waals surface area contributed by atoms with Crippen molar-refractivity contribution in [1.29, 1.82) is 5.26 Å². The fourth-order valence-electron chi connectivity index (χ4n) is 1.87. The number of ether oxygens (including phenoxy) is 2. The third kappa shape index (κ3) is 4.58. The Labute approximate surface area is 133 Å². The zero-order chi connectivity index (χ0) is 16.7. The van der Waals surface area contributed by atoms with Crippen LogP contribution in [0.15, 0.2) is 48.5 Å². The summed E-state index contributed by atoms with van der Waals surface area (Å²) in [7, 11) is 0. The Bertz CT molecular complexity index is 765. The van der Waals surface area contributed by atoms with Crippen molar-refractivity contribution in [3.05, 3.63) is 65.2 Å². The molecule has 1 amide bonds. The van der Waals surface area contributed by atoms with Crippen LogP contribution in [0.3, 0.4) is 0 Å². The van der Waals surface area contributed by atoms with Crippen LogP contribution >= 0.6 is 0 Å². The summed E-state index contributed by atoms with van der Waals surface area (Å²) >= 11 is 0. The molecule has 23 heavy (non-hydrogen) atoms. The molecule has 2 aromatic rings. The van der Waals surface area contributed by atoms with Gasteiger partial charge in [0.1, 0.15) is 12.4 Å². The Balaban J connectivity index is 1.88. The van der Waals surface area contributed by atoms with Gasteiger partial charge >= 0.3 is 5.97 Å². The number of nitrogens with two attached hydrogens (primary N) is 1. The van der Waals surface area contributed by atoms with E-state index in [1.807, 2.05) is 6.07 Å². The minimum Gasteiger partial charge on any atom is -0.481 e. The summed E-state index contributed by atoms with van der Waals surface area (Å²) in [6.45, 7) is -0.308. The van der Waals surface area contributed by atoms with Gasteiger partial charge in [0.05, 0.1) is 17.2 Å². The van der Waals surface area contributed by atoms with Crippen molar-refractivity contribution in [1.82, 2.24) is 0 Å². The molecule has 0 bridgehead atoms. The Morgan fingerprint density at radius 3 is 2.65 bits per heavy atom. The smallest absolute Gasteiger partial charge is 0.344 e. The largest absolute Gasteiger partial charge is 0.481 e. The van der Waals surface area contributed by atoms with Crippen molar-refractivity contribution in [3.63, 3.8) is 0 Å². The predicted molar refractivity (Wildman–Crippen MR) is 81.4 cm³/mol. The molecule has 0 heterocycles. The molecule has 2 N–H and O–H groups in total. The van der Waals surface area contributed by atoms with Crippen LogP contribution in [-0.4, -0.2) is 18.5 Å². The van der Waals surface area contributed by atoms with E-state index in [0.717, 1.165) is 0 Å². The van der Waals surface area contributed by atoms with E-state index in [2.05, 4.69) is 0 Å². The summed E-state index contributed by atoms with van der Waals surface area (Å²) < 4.78 is 10.3. The molecule has 0 aliphatic carbocycles. The maximum absolute atomic E-state index is 11.7. The number of esters is 1. The molecular weight excluding hydrogens is 296 g/mol. The van der Waals surface area contributed by atoms with Crippen LogP contribution < -0.4 is 10.5 Å². The summed E-state index contributed by atoms with van der Waals surface area (Å²) in [6.07, 6.45) is 0. The first-order valence-corrected chi connectivity index (χ1v) is 6.76. The number of primary amides is 1. The molecule has 0 atom stereocenters. The summed E-state index contributed by atoms with van der Waals surface area (Å²) in [5.41, 5.74) is 6.61. The minimum absolute atomic E-state index is 0.0369. The van der Waals surface area contributed by atoms with Gasteiger partial charge in [0.25, 0.3) is 5.91 Å². The highest BCUT2D eigenvalue weighted by atomic mass is 16.6. The minimum atomic E-state index is -0.637. The Kier molecular flexibility index (Phi) is 5.31. The lowest BCUT2D eigenvalue weighted by molar-refractivity contribution is -0.147. The van der Waals surface area contributed by atoms with Crippen LogP contribution in [0.5, 0.6) is 5.75 Å². The number of carbonyl (C=O) groups excluding carboxylic acids is 2. The van der Waals surface area contributed by atoms with E-state index in [1.54, 1.807) is 42.5 Å². The van der Waals surface area contributed by atoms with Crippen molar-refractivity contribution in [2.45, 2.75) is 6.61 Å². The number of nitriles is 1. The van der Waals surface area contributed by atoms with Gasteiger partial charge in [-0.15, -0.1) is 0 Å². The van der Waals surface area contributed by atoms with E-state index in [-0.39, 0.29) is 24.5 Å². The Hall–Kier alpha value is -3.33. The van der Waals surface area contributed by atoms with Gasteiger partial charge in [0.2, 0.25) is 0 Å². The van der Waals surface area contributed by atoms with Crippen molar-refractivity contribution in [3.8, 4) is 11.8 Å². The number of nitrogens with zero attached hydrogens (tertiary/aromatic N) is 1.